The van der Waals surface area contributed by atoms with Crippen LogP contribution in [0.2, 0.25) is 0 Å². The van der Waals surface area contributed by atoms with Gasteiger partial charge in [-0.25, -0.2) is 8.78 Å². The van der Waals surface area contributed by atoms with Crippen molar-refractivity contribution in [1.29, 1.82) is 0 Å². The summed E-state index contributed by atoms with van der Waals surface area (Å²) in [5.41, 5.74) is 4.05. The number of nitrogens with two attached hydrogens (primary N) is 1. The average Bonchev–Trinajstić information content (AvgIpc) is 2.43. The van der Waals surface area contributed by atoms with Crippen LogP contribution >= 0.6 is 0 Å². The maximum absolute atomic E-state index is 12.9. The van der Waals surface area contributed by atoms with E-state index < -0.39 is 35.8 Å². The van der Waals surface area contributed by atoms with Gasteiger partial charge in [0.2, 0.25) is 5.91 Å². The maximum atomic E-state index is 12.9. The second kappa shape index (κ2) is 5.08. The van der Waals surface area contributed by atoms with Crippen molar-refractivity contribution >= 4 is 5.91 Å². The molecule has 0 radical (unpaired) electrons. The van der Waals surface area contributed by atoms with Crippen LogP contribution in [0, 0.1) is 11.3 Å². The molecule has 1 amide bonds. The number of rotatable bonds is 4. The summed E-state index contributed by atoms with van der Waals surface area (Å²) >= 11 is 0. The third-order valence-electron chi connectivity index (χ3n) is 4.86. The van der Waals surface area contributed by atoms with Gasteiger partial charge in [0.25, 0.3) is 0 Å². The normalized spacial score (nSPS) is 35.0. The van der Waals surface area contributed by atoms with Gasteiger partial charge >= 0.3 is 12.3 Å². The lowest BCUT2D eigenvalue weighted by Gasteiger charge is -2.65. The van der Waals surface area contributed by atoms with Gasteiger partial charge in [0.05, 0.1) is 12.6 Å². The molecule has 8 heteroatoms. The quantitative estimate of drug-likeness (QED) is 0.774. The number of alkyl halides is 4. The van der Waals surface area contributed by atoms with Gasteiger partial charge in [0.1, 0.15) is 5.54 Å². The van der Waals surface area contributed by atoms with Crippen molar-refractivity contribution in [1.82, 2.24) is 5.32 Å². The monoisotopic (exact) mass is 312 g/mol. The van der Waals surface area contributed by atoms with Gasteiger partial charge in [-0.2, -0.15) is 8.78 Å². The fourth-order valence-corrected chi connectivity index (χ4v) is 3.46. The second-order valence-electron chi connectivity index (χ2n) is 6.38. The lowest BCUT2D eigenvalue weighted by atomic mass is 9.46. The molecule has 1 aliphatic carbocycles. The first-order chi connectivity index (χ1) is 9.55. The minimum atomic E-state index is -4.26. The molecule has 0 aromatic carbocycles. The fourth-order valence-electron chi connectivity index (χ4n) is 3.46. The molecule has 3 unspecified atom stereocenters. The summed E-state index contributed by atoms with van der Waals surface area (Å²) in [7, 11) is 0. The summed E-state index contributed by atoms with van der Waals surface area (Å²) in [6.45, 7) is 2.61. The molecule has 0 bridgehead atoms. The van der Waals surface area contributed by atoms with Crippen LogP contribution in [0.25, 0.3) is 0 Å². The van der Waals surface area contributed by atoms with Crippen molar-refractivity contribution in [2.45, 2.75) is 50.7 Å². The molecule has 2 aliphatic rings. The van der Waals surface area contributed by atoms with Crippen molar-refractivity contribution < 1.29 is 27.1 Å². The van der Waals surface area contributed by atoms with E-state index in [0.717, 1.165) is 6.42 Å². The van der Waals surface area contributed by atoms with E-state index in [9.17, 15) is 22.4 Å². The third kappa shape index (κ3) is 2.32. The van der Waals surface area contributed by atoms with Gasteiger partial charge in [-0.1, -0.05) is 13.8 Å². The van der Waals surface area contributed by atoms with Gasteiger partial charge in [0, 0.05) is 17.9 Å². The molecule has 1 heterocycles. The summed E-state index contributed by atoms with van der Waals surface area (Å²) in [4.78, 5) is 12.2. The zero-order chi connectivity index (χ0) is 16.1. The molecule has 1 saturated carbocycles. The van der Waals surface area contributed by atoms with E-state index in [2.05, 4.69) is 0 Å². The molecule has 1 saturated heterocycles. The largest absolute Gasteiger partial charge is 0.377 e. The number of nitrogens with one attached hydrogen (secondary N) is 1. The lowest BCUT2D eigenvalue weighted by Crippen LogP contribution is -2.82. The Morgan fingerprint density at radius 1 is 1.48 bits per heavy atom. The Morgan fingerprint density at radius 3 is 2.67 bits per heavy atom. The number of fused-ring (bicyclic) bond motifs is 1. The Morgan fingerprint density at radius 2 is 2.10 bits per heavy atom. The zero-order valence-corrected chi connectivity index (χ0v) is 12.0. The smallest absolute Gasteiger partial charge is 0.324 e. The van der Waals surface area contributed by atoms with Crippen molar-refractivity contribution in [3.63, 3.8) is 0 Å². The van der Waals surface area contributed by atoms with E-state index in [1.54, 1.807) is 13.8 Å². The number of carbonyl (C=O) groups excluding carboxylic acids is 1. The standard InChI is InChI=1S/C13H20F4N2O2/c1-11(2)8-7(4-3-5-21-8)13(11,18)10(20)19-6-12(16,17)9(14)15/h7-9H,3-6,18H2,1-2H3,(H,19,20). The highest BCUT2D eigenvalue weighted by molar-refractivity contribution is 5.89. The summed E-state index contributed by atoms with van der Waals surface area (Å²) in [5, 5.41) is 1.89. The number of carbonyl (C=O) groups is 1. The molecule has 1 aliphatic heterocycles. The Balaban J connectivity index is 2.07. The molecule has 2 fully saturated rings. The Kier molecular flexibility index (Phi) is 3.99. The minimum Gasteiger partial charge on any atom is -0.377 e. The molecule has 2 rings (SSSR count). The molecular formula is C13H20F4N2O2. The van der Waals surface area contributed by atoms with E-state index in [0.29, 0.717) is 13.0 Å². The van der Waals surface area contributed by atoms with Crippen LogP contribution in [-0.4, -0.2) is 43.0 Å². The van der Waals surface area contributed by atoms with Crippen LogP contribution in [0.5, 0.6) is 0 Å². The summed E-state index contributed by atoms with van der Waals surface area (Å²) in [5.74, 6) is -5.36. The minimum absolute atomic E-state index is 0.211. The van der Waals surface area contributed by atoms with Crippen LogP contribution in [0.1, 0.15) is 26.7 Å². The maximum Gasteiger partial charge on any atom is 0.324 e. The molecule has 3 atom stereocenters. The molecule has 4 nitrogen and oxygen atoms in total. The number of amides is 1. The van der Waals surface area contributed by atoms with E-state index >= 15 is 0 Å². The van der Waals surface area contributed by atoms with Crippen LogP contribution in [0.4, 0.5) is 17.6 Å². The highest BCUT2D eigenvalue weighted by Gasteiger charge is 2.70. The number of hydrogen-bond acceptors (Lipinski definition) is 3. The van der Waals surface area contributed by atoms with Crippen LogP contribution in [0.15, 0.2) is 0 Å². The van der Waals surface area contributed by atoms with Crippen molar-refractivity contribution in [3.05, 3.63) is 0 Å². The van der Waals surface area contributed by atoms with Gasteiger partial charge in [-0.15, -0.1) is 0 Å². The Bertz CT molecular complexity index is 430. The average molecular weight is 312 g/mol. The van der Waals surface area contributed by atoms with Crippen LogP contribution in [0.3, 0.4) is 0 Å². The number of halogens is 4. The number of hydrogen-bond donors (Lipinski definition) is 2. The number of ether oxygens (including phenoxy) is 1. The first kappa shape index (κ1) is 16.5. The predicted molar refractivity (Wildman–Crippen MR) is 67.1 cm³/mol. The highest BCUT2D eigenvalue weighted by atomic mass is 19.3. The van der Waals surface area contributed by atoms with Gasteiger partial charge < -0.3 is 15.8 Å². The Hall–Kier alpha value is -0.890. The molecule has 0 aromatic rings. The summed E-state index contributed by atoms with van der Waals surface area (Å²) < 4.78 is 55.7. The Labute approximate surface area is 120 Å². The van der Waals surface area contributed by atoms with Gasteiger partial charge in [-0.05, 0) is 12.8 Å². The highest BCUT2D eigenvalue weighted by Crippen LogP contribution is 2.57. The summed E-state index contributed by atoms with van der Waals surface area (Å²) in [6.07, 6.45) is -2.65. The lowest BCUT2D eigenvalue weighted by molar-refractivity contribution is -0.226. The van der Waals surface area contributed by atoms with E-state index in [1.165, 1.54) is 0 Å². The first-order valence-electron chi connectivity index (χ1n) is 6.90. The molecule has 0 spiro atoms. The predicted octanol–water partition coefficient (Wildman–Crippen LogP) is 1.54. The molecular weight excluding hydrogens is 292 g/mol. The molecule has 3 N–H and O–H groups in total. The van der Waals surface area contributed by atoms with Gasteiger partial charge in [-0.3, -0.25) is 4.79 Å². The van der Waals surface area contributed by atoms with E-state index in [1.807, 2.05) is 5.32 Å². The van der Waals surface area contributed by atoms with E-state index in [-0.39, 0.29) is 12.0 Å². The first-order valence-corrected chi connectivity index (χ1v) is 6.90. The van der Waals surface area contributed by atoms with E-state index in [4.69, 9.17) is 10.5 Å². The molecule has 0 aromatic heterocycles. The van der Waals surface area contributed by atoms with Crippen molar-refractivity contribution in [2.24, 2.45) is 17.1 Å². The fraction of sp³-hybridized carbons (Fsp3) is 0.923. The van der Waals surface area contributed by atoms with Crippen molar-refractivity contribution in [2.75, 3.05) is 13.2 Å². The molecule has 122 valence electrons. The topological polar surface area (TPSA) is 64.3 Å². The second-order valence-corrected chi connectivity index (χ2v) is 6.38. The molecule has 21 heavy (non-hydrogen) atoms. The van der Waals surface area contributed by atoms with Crippen molar-refractivity contribution in [3.8, 4) is 0 Å². The zero-order valence-electron chi connectivity index (χ0n) is 12.0. The van der Waals surface area contributed by atoms with Crippen LogP contribution < -0.4 is 11.1 Å². The van der Waals surface area contributed by atoms with Crippen LogP contribution in [-0.2, 0) is 9.53 Å². The summed E-state index contributed by atoms with van der Waals surface area (Å²) in [6, 6.07) is 0. The van der Waals surface area contributed by atoms with Gasteiger partial charge in [0.15, 0.2) is 0 Å². The third-order valence-corrected chi connectivity index (χ3v) is 4.86. The SMILES string of the molecule is CC1(C)C2OCCCC2C1(N)C(=O)NCC(F)(F)C(F)F.